The Morgan fingerprint density at radius 3 is 2.62 bits per heavy atom. The first kappa shape index (κ1) is 21.3. The van der Waals surface area contributed by atoms with E-state index in [1.54, 1.807) is 25.1 Å². The van der Waals surface area contributed by atoms with Crippen molar-refractivity contribution in [3.8, 4) is 17.7 Å². The van der Waals surface area contributed by atoms with Gasteiger partial charge in [-0.25, -0.2) is 0 Å². The van der Waals surface area contributed by atoms with Gasteiger partial charge in [-0.3, -0.25) is 20.4 Å². The first-order chi connectivity index (χ1) is 16.5. The molecule has 34 heavy (non-hydrogen) atoms. The highest BCUT2D eigenvalue weighted by molar-refractivity contribution is 5.99. The van der Waals surface area contributed by atoms with Crippen molar-refractivity contribution in [2.24, 2.45) is 5.92 Å². The predicted octanol–water partition coefficient (Wildman–Crippen LogP) is 3.54. The van der Waals surface area contributed by atoms with Gasteiger partial charge in [0.2, 0.25) is 17.5 Å². The summed E-state index contributed by atoms with van der Waals surface area (Å²) in [5.74, 6) is 0.111. The number of aromatic nitrogens is 1. The van der Waals surface area contributed by atoms with E-state index in [1.807, 2.05) is 29.2 Å². The quantitative estimate of drug-likeness (QED) is 0.442. The van der Waals surface area contributed by atoms with Gasteiger partial charge in [0.15, 0.2) is 11.5 Å². The summed E-state index contributed by atoms with van der Waals surface area (Å²) in [7, 11) is 0. The number of oxazole rings is 1. The smallest absolute Gasteiger partial charge is 0.305 e. The summed E-state index contributed by atoms with van der Waals surface area (Å²) in [5.41, 5.74) is 6.45. The lowest BCUT2D eigenvalue weighted by atomic mass is 9.96. The van der Waals surface area contributed by atoms with Crippen molar-refractivity contribution in [1.82, 2.24) is 15.8 Å². The second kappa shape index (κ2) is 8.78. The number of rotatable bonds is 4. The molecule has 172 valence electrons. The average molecular weight is 459 g/mol. The van der Waals surface area contributed by atoms with Crippen LogP contribution in [0, 0.1) is 24.2 Å². The SMILES string of the molecule is Cc1c(C(=O)NNC(=O)C2CCN(c3oc(-c4ccco4)nc3C#N)CC2)oc2ccccc12. The van der Waals surface area contributed by atoms with Gasteiger partial charge < -0.3 is 18.2 Å². The van der Waals surface area contributed by atoms with E-state index in [4.69, 9.17) is 13.3 Å². The Morgan fingerprint density at radius 1 is 1.12 bits per heavy atom. The van der Waals surface area contributed by atoms with Gasteiger partial charge >= 0.3 is 5.91 Å². The molecule has 0 aliphatic carbocycles. The van der Waals surface area contributed by atoms with Crippen LogP contribution in [0.1, 0.15) is 34.7 Å². The van der Waals surface area contributed by atoms with E-state index in [-0.39, 0.29) is 29.2 Å². The highest BCUT2D eigenvalue weighted by atomic mass is 16.4. The lowest BCUT2D eigenvalue weighted by molar-refractivity contribution is -0.126. The van der Waals surface area contributed by atoms with Crippen molar-refractivity contribution in [3.63, 3.8) is 0 Å². The molecule has 0 unspecified atom stereocenters. The second-order valence-corrected chi connectivity index (χ2v) is 8.02. The van der Waals surface area contributed by atoms with Crippen LogP contribution in [0.5, 0.6) is 0 Å². The van der Waals surface area contributed by atoms with Gasteiger partial charge in [-0.1, -0.05) is 18.2 Å². The largest absolute Gasteiger partial charge is 0.459 e. The van der Waals surface area contributed by atoms with Gasteiger partial charge in [0.25, 0.3) is 5.89 Å². The lowest BCUT2D eigenvalue weighted by Crippen LogP contribution is -2.47. The molecule has 1 aliphatic heterocycles. The molecular formula is C24H21N5O5. The number of aryl methyl sites for hydroxylation is 1. The minimum absolute atomic E-state index is 0.165. The highest BCUT2D eigenvalue weighted by Gasteiger charge is 2.30. The number of hydrogen-bond donors (Lipinski definition) is 2. The normalized spacial score (nSPS) is 14.2. The van der Waals surface area contributed by atoms with Crippen LogP contribution in [0.2, 0.25) is 0 Å². The van der Waals surface area contributed by atoms with Crippen LogP contribution in [0.15, 0.2) is 55.9 Å². The van der Waals surface area contributed by atoms with Crippen molar-refractivity contribution < 1.29 is 22.8 Å². The Kier molecular flexibility index (Phi) is 5.51. The standard InChI is InChI=1S/C24H21N5O5/c1-14-16-5-2-3-6-18(16)33-20(14)22(31)28-27-21(30)15-8-10-29(11-9-15)24-17(13-25)26-23(34-24)19-7-4-12-32-19/h2-7,12,15H,8-11H2,1H3,(H,27,30)(H,28,31). The zero-order valence-electron chi connectivity index (χ0n) is 18.3. The summed E-state index contributed by atoms with van der Waals surface area (Å²) in [4.78, 5) is 31.3. The van der Waals surface area contributed by atoms with Gasteiger partial charge in [-0.15, -0.1) is 0 Å². The Morgan fingerprint density at radius 2 is 1.91 bits per heavy atom. The molecule has 5 rings (SSSR count). The molecule has 4 heterocycles. The molecule has 10 nitrogen and oxygen atoms in total. The third kappa shape index (κ3) is 3.88. The number of fused-ring (bicyclic) bond motifs is 1. The first-order valence-electron chi connectivity index (χ1n) is 10.8. The van der Waals surface area contributed by atoms with Gasteiger partial charge in [0.05, 0.1) is 6.26 Å². The van der Waals surface area contributed by atoms with Crippen molar-refractivity contribution in [1.29, 1.82) is 5.26 Å². The monoisotopic (exact) mass is 459 g/mol. The Balaban J connectivity index is 1.18. The summed E-state index contributed by atoms with van der Waals surface area (Å²) in [6.07, 6.45) is 2.55. The number of hydrogen-bond acceptors (Lipinski definition) is 8. The molecule has 1 aliphatic rings. The zero-order valence-corrected chi connectivity index (χ0v) is 18.3. The Bertz CT molecular complexity index is 1390. The van der Waals surface area contributed by atoms with E-state index in [9.17, 15) is 14.9 Å². The fraction of sp³-hybridized carbons (Fsp3) is 0.250. The molecule has 0 bridgehead atoms. The summed E-state index contributed by atoms with van der Waals surface area (Å²) >= 11 is 0. The van der Waals surface area contributed by atoms with E-state index in [2.05, 4.69) is 15.8 Å². The van der Waals surface area contributed by atoms with E-state index >= 15 is 0 Å². The second-order valence-electron chi connectivity index (χ2n) is 8.02. The van der Waals surface area contributed by atoms with Crippen molar-refractivity contribution in [3.05, 3.63) is 59.7 Å². The van der Waals surface area contributed by atoms with Crippen LogP contribution >= 0.6 is 0 Å². The third-order valence-corrected chi connectivity index (χ3v) is 5.95. The maximum atomic E-state index is 12.6. The van der Waals surface area contributed by atoms with Gasteiger partial charge in [-0.2, -0.15) is 10.2 Å². The zero-order chi connectivity index (χ0) is 23.7. The van der Waals surface area contributed by atoms with Crippen LogP contribution in [0.25, 0.3) is 22.6 Å². The number of carbonyl (C=O) groups is 2. The predicted molar refractivity (Wildman–Crippen MR) is 120 cm³/mol. The summed E-state index contributed by atoms with van der Waals surface area (Å²) in [6.45, 7) is 2.79. The summed E-state index contributed by atoms with van der Waals surface area (Å²) in [6, 6.07) is 12.8. The molecule has 2 amide bonds. The molecule has 1 fully saturated rings. The molecule has 10 heteroatoms. The maximum absolute atomic E-state index is 12.6. The van der Waals surface area contributed by atoms with E-state index in [1.165, 1.54) is 6.26 Å². The molecule has 1 aromatic carbocycles. The fourth-order valence-corrected chi connectivity index (χ4v) is 4.12. The third-order valence-electron chi connectivity index (χ3n) is 5.95. The number of amides is 2. The number of hydrazine groups is 1. The molecule has 0 saturated carbocycles. The fourth-order valence-electron chi connectivity index (χ4n) is 4.12. The van der Waals surface area contributed by atoms with Crippen molar-refractivity contribution >= 4 is 28.7 Å². The van der Waals surface area contributed by atoms with Crippen LogP contribution < -0.4 is 15.8 Å². The minimum atomic E-state index is -0.509. The maximum Gasteiger partial charge on any atom is 0.305 e. The Labute approximate surface area is 194 Å². The number of piperidine rings is 1. The lowest BCUT2D eigenvalue weighted by Gasteiger charge is -2.30. The van der Waals surface area contributed by atoms with Crippen molar-refractivity contribution in [2.75, 3.05) is 18.0 Å². The van der Waals surface area contributed by atoms with E-state index < -0.39 is 5.91 Å². The van der Waals surface area contributed by atoms with Gasteiger partial charge in [0, 0.05) is 30.0 Å². The van der Waals surface area contributed by atoms with Crippen LogP contribution in [0.3, 0.4) is 0 Å². The first-order valence-corrected chi connectivity index (χ1v) is 10.8. The number of nitrogens with one attached hydrogen (secondary N) is 2. The number of anilines is 1. The molecule has 2 N–H and O–H groups in total. The topological polar surface area (TPSA) is 138 Å². The number of nitriles is 1. The molecule has 0 spiro atoms. The van der Waals surface area contributed by atoms with Crippen LogP contribution in [-0.2, 0) is 4.79 Å². The number of para-hydroxylation sites is 1. The van der Waals surface area contributed by atoms with Gasteiger partial charge in [-0.05, 0) is 38.0 Å². The molecule has 0 atom stereocenters. The van der Waals surface area contributed by atoms with E-state index in [0.29, 0.717) is 48.7 Å². The number of benzene rings is 1. The average Bonchev–Trinajstić information content (AvgIpc) is 3.61. The number of furan rings is 2. The molecule has 4 aromatic rings. The van der Waals surface area contributed by atoms with Gasteiger partial charge in [0.1, 0.15) is 11.7 Å². The van der Waals surface area contributed by atoms with Crippen molar-refractivity contribution in [2.45, 2.75) is 19.8 Å². The minimum Gasteiger partial charge on any atom is -0.459 e. The number of nitrogens with zero attached hydrogens (tertiary/aromatic N) is 3. The molecule has 1 saturated heterocycles. The molecule has 0 radical (unpaired) electrons. The molecular weight excluding hydrogens is 438 g/mol. The van der Waals surface area contributed by atoms with Crippen LogP contribution in [0.4, 0.5) is 5.88 Å². The molecule has 3 aromatic heterocycles. The summed E-state index contributed by atoms with van der Waals surface area (Å²) in [5, 5.41) is 10.3. The van der Waals surface area contributed by atoms with E-state index in [0.717, 1.165) is 5.39 Å². The number of carbonyl (C=O) groups excluding carboxylic acids is 2. The van der Waals surface area contributed by atoms with Crippen LogP contribution in [-0.4, -0.2) is 29.9 Å². The summed E-state index contributed by atoms with van der Waals surface area (Å²) < 4.78 is 16.7. The highest BCUT2D eigenvalue weighted by Crippen LogP contribution is 2.31. The Hall–Kier alpha value is -4.52.